The first-order chi connectivity index (χ1) is 11.6. The molecule has 0 radical (unpaired) electrons. The molecule has 0 spiro atoms. The van der Waals surface area contributed by atoms with Gasteiger partial charge in [0.15, 0.2) is 5.96 Å². The Hall–Kier alpha value is -1.29. The molecule has 0 saturated heterocycles. The quantitative estimate of drug-likeness (QED) is 0.263. The average molecular weight is 522 g/mol. The number of halogens is 2. The summed E-state index contributed by atoms with van der Waals surface area (Å²) in [5.41, 5.74) is 1.21. The summed E-state index contributed by atoms with van der Waals surface area (Å²) in [6.07, 6.45) is 5.48. The Morgan fingerprint density at radius 3 is 2.88 bits per heavy atom. The van der Waals surface area contributed by atoms with Gasteiger partial charge in [-0.2, -0.15) is 0 Å². The van der Waals surface area contributed by atoms with Crippen LogP contribution in [0.3, 0.4) is 0 Å². The van der Waals surface area contributed by atoms with Gasteiger partial charge in [0.05, 0.1) is 19.3 Å². The van der Waals surface area contributed by atoms with Crippen LogP contribution >= 0.6 is 39.9 Å². The smallest absolute Gasteiger partial charge is 0.194 e. The Morgan fingerprint density at radius 2 is 2.28 bits per heavy atom. The van der Waals surface area contributed by atoms with Gasteiger partial charge in [0.25, 0.3) is 0 Å². The SMILES string of the molecule is CCNC(=NCCOc1cccnc1)N(C)Cc1cc(Br)cn1C.I. The minimum absolute atomic E-state index is 0. The van der Waals surface area contributed by atoms with Crippen molar-refractivity contribution in [3.8, 4) is 5.75 Å². The van der Waals surface area contributed by atoms with Crippen molar-refractivity contribution in [3.63, 3.8) is 0 Å². The number of guanidine groups is 1. The molecule has 2 aromatic rings. The summed E-state index contributed by atoms with van der Waals surface area (Å²) in [7, 11) is 4.07. The van der Waals surface area contributed by atoms with Gasteiger partial charge in [0.2, 0.25) is 0 Å². The van der Waals surface area contributed by atoms with E-state index in [1.165, 1.54) is 5.69 Å². The molecule has 0 fully saturated rings. The third-order valence-electron chi connectivity index (χ3n) is 3.43. The van der Waals surface area contributed by atoms with Gasteiger partial charge in [-0.05, 0) is 41.1 Å². The number of hydrogen-bond donors (Lipinski definition) is 1. The molecule has 0 amide bonds. The zero-order valence-electron chi connectivity index (χ0n) is 14.8. The molecule has 0 atom stereocenters. The van der Waals surface area contributed by atoms with Gasteiger partial charge in [-0.3, -0.25) is 4.98 Å². The van der Waals surface area contributed by atoms with Gasteiger partial charge in [0, 0.05) is 43.2 Å². The highest BCUT2D eigenvalue weighted by atomic mass is 127. The van der Waals surface area contributed by atoms with Crippen molar-refractivity contribution < 1.29 is 4.74 Å². The minimum atomic E-state index is 0. The highest BCUT2D eigenvalue weighted by molar-refractivity contribution is 14.0. The summed E-state index contributed by atoms with van der Waals surface area (Å²) in [5, 5.41) is 3.31. The molecule has 8 heteroatoms. The third-order valence-corrected chi connectivity index (χ3v) is 3.86. The lowest BCUT2D eigenvalue weighted by Gasteiger charge is -2.22. The van der Waals surface area contributed by atoms with Crippen LogP contribution < -0.4 is 10.1 Å². The largest absolute Gasteiger partial charge is 0.490 e. The summed E-state index contributed by atoms with van der Waals surface area (Å²) >= 11 is 3.51. The van der Waals surface area contributed by atoms with Gasteiger partial charge in [0.1, 0.15) is 12.4 Å². The molecule has 0 saturated carbocycles. The molecule has 0 aliphatic carbocycles. The van der Waals surface area contributed by atoms with Crippen LogP contribution in [0.1, 0.15) is 12.6 Å². The Morgan fingerprint density at radius 1 is 1.48 bits per heavy atom. The highest BCUT2D eigenvalue weighted by Crippen LogP contribution is 2.15. The van der Waals surface area contributed by atoms with Gasteiger partial charge in [-0.25, -0.2) is 4.99 Å². The number of pyridine rings is 1. The first-order valence-corrected chi connectivity index (χ1v) is 8.72. The zero-order valence-corrected chi connectivity index (χ0v) is 18.7. The minimum Gasteiger partial charge on any atom is -0.490 e. The van der Waals surface area contributed by atoms with Crippen molar-refractivity contribution in [3.05, 3.63) is 47.0 Å². The number of ether oxygens (including phenoxy) is 1. The molecule has 2 heterocycles. The number of aryl methyl sites for hydroxylation is 1. The van der Waals surface area contributed by atoms with Gasteiger partial charge in [-0.15, -0.1) is 24.0 Å². The lowest BCUT2D eigenvalue weighted by molar-refractivity contribution is 0.326. The fourth-order valence-electron chi connectivity index (χ4n) is 2.26. The summed E-state index contributed by atoms with van der Waals surface area (Å²) in [6, 6.07) is 5.86. The van der Waals surface area contributed by atoms with E-state index in [0.29, 0.717) is 13.2 Å². The lowest BCUT2D eigenvalue weighted by atomic mass is 10.4. The maximum atomic E-state index is 5.63. The van der Waals surface area contributed by atoms with Gasteiger partial charge < -0.3 is 19.5 Å². The highest BCUT2D eigenvalue weighted by Gasteiger charge is 2.09. The Balaban J connectivity index is 0.00000312. The molecule has 0 bridgehead atoms. The summed E-state index contributed by atoms with van der Waals surface area (Å²) in [4.78, 5) is 10.8. The van der Waals surface area contributed by atoms with Crippen LogP contribution in [0.4, 0.5) is 0 Å². The van der Waals surface area contributed by atoms with Crippen molar-refractivity contribution in [1.82, 2.24) is 19.8 Å². The maximum Gasteiger partial charge on any atom is 0.194 e. The molecule has 0 aliphatic rings. The molecule has 0 unspecified atom stereocenters. The van der Waals surface area contributed by atoms with E-state index in [1.807, 2.05) is 26.2 Å². The predicted molar refractivity (Wildman–Crippen MR) is 116 cm³/mol. The monoisotopic (exact) mass is 521 g/mol. The molecule has 2 aromatic heterocycles. The molecule has 25 heavy (non-hydrogen) atoms. The van der Waals surface area contributed by atoms with Gasteiger partial charge in [-0.1, -0.05) is 0 Å². The first-order valence-electron chi connectivity index (χ1n) is 7.93. The molecular weight excluding hydrogens is 497 g/mol. The van der Waals surface area contributed by atoms with Gasteiger partial charge >= 0.3 is 0 Å². The Kier molecular flexibility index (Phi) is 9.88. The standard InChI is InChI=1S/C17H24BrN5O.HI/c1-4-20-17(21-8-9-24-16-6-5-7-19-11-16)23(3)13-15-10-14(18)12-22(15)2;/h5-7,10-12H,4,8-9,13H2,1-3H3,(H,20,21);1H. The summed E-state index contributed by atoms with van der Waals surface area (Å²) in [6.45, 7) is 4.76. The van der Waals surface area contributed by atoms with Crippen LogP contribution in [0, 0.1) is 0 Å². The second kappa shape index (κ2) is 11.3. The topological polar surface area (TPSA) is 54.7 Å². The molecule has 2 rings (SSSR count). The third kappa shape index (κ3) is 7.23. The molecular formula is C17H25BrIN5O. The van der Waals surface area contributed by atoms with Crippen LogP contribution in [0.25, 0.3) is 0 Å². The second-order valence-electron chi connectivity index (χ2n) is 5.39. The van der Waals surface area contributed by atoms with Crippen LogP contribution in [0.15, 0.2) is 46.3 Å². The fraction of sp³-hybridized carbons (Fsp3) is 0.412. The van der Waals surface area contributed by atoms with Crippen LogP contribution in [-0.4, -0.2) is 47.2 Å². The van der Waals surface area contributed by atoms with E-state index < -0.39 is 0 Å². The van der Waals surface area contributed by atoms with E-state index in [2.05, 4.69) is 59.9 Å². The molecule has 1 N–H and O–H groups in total. The number of rotatable bonds is 7. The van der Waals surface area contributed by atoms with Crippen LogP contribution in [0.2, 0.25) is 0 Å². The fourth-order valence-corrected chi connectivity index (χ4v) is 2.83. The van der Waals surface area contributed by atoms with Crippen LogP contribution in [-0.2, 0) is 13.6 Å². The normalized spacial score (nSPS) is 11.0. The van der Waals surface area contributed by atoms with E-state index in [0.717, 1.165) is 29.3 Å². The molecule has 0 aliphatic heterocycles. The van der Waals surface area contributed by atoms with Crippen molar-refractivity contribution in [2.24, 2.45) is 12.0 Å². The van der Waals surface area contributed by atoms with Crippen LogP contribution in [0.5, 0.6) is 5.75 Å². The number of aromatic nitrogens is 2. The van der Waals surface area contributed by atoms with E-state index in [4.69, 9.17) is 4.74 Å². The zero-order chi connectivity index (χ0) is 17.4. The number of hydrogen-bond acceptors (Lipinski definition) is 3. The van der Waals surface area contributed by atoms with E-state index in [1.54, 1.807) is 12.4 Å². The lowest BCUT2D eigenvalue weighted by Crippen LogP contribution is -2.39. The Bertz CT molecular complexity index is 662. The Labute approximate surface area is 174 Å². The average Bonchev–Trinajstić information content (AvgIpc) is 2.88. The number of aliphatic imine (C=N–C) groups is 1. The predicted octanol–water partition coefficient (Wildman–Crippen LogP) is 3.28. The van der Waals surface area contributed by atoms with Crippen molar-refractivity contribution in [2.45, 2.75) is 13.5 Å². The van der Waals surface area contributed by atoms with Crippen molar-refractivity contribution >= 4 is 45.9 Å². The summed E-state index contributed by atoms with van der Waals surface area (Å²) < 4.78 is 8.82. The first kappa shape index (κ1) is 21.8. The van der Waals surface area contributed by atoms with Crippen molar-refractivity contribution in [2.75, 3.05) is 26.7 Å². The second-order valence-corrected chi connectivity index (χ2v) is 6.31. The number of nitrogens with one attached hydrogen (secondary N) is 1. The molecule has 138 valence electrons. The van der Waals surface area contributed by atoms with E-state index in [-0.39, 0.29) is 24.0 Å². The summed E-state index contributed by atoms with van der Waals surface area (Å²) in [5.74, 6) is 1.63. The maximum absolute atomic E-state index is 5.63. The number of nitrogens with zero attached hydrogens (tertiary/aromatic N) is 4. The van der Waals surface area contributed by atoms with Crippen molar-refractivity contribution in [1.29, 1.82) is 0 Å². The van der Waals surface area contributed by atoms with E-state index in [9.17, 15) is 0 Å². The van der Waals surface area contributed by atoms with E-state index >= 15 is 0 Å². The molecule has 0 aromatic carbocycles. The molecule has 6 nitrogen and oxygen atoms in total.